The maximum atomic E-state index is 13.4. The van der Waals surface area contributed by atoms with E-state index in [-0.39, 0.29) is 17.9 Å². The van der Waals surface area contributed by atoms with E-state index in [2.05, 4.69) is 31.9 Å². The van der Waals surface area contributed by atoms with Gasteiger partial charge in [-0.3, -0.25) is 9.69 Å². The highest BCUT2D eigenvalue weighted by atomic mass is 16.3. The summed E-state index contributed by atoms with van der Waals surface area (Å²) in [6.45, 7) is 7.50. The molecule has 2 N–H and O–H groups in total. The van der Waals surface area contributed by atoms with Gasteiger partial charge in [0.15, 0.2) is 5.76 Å². The van der Waals surface area contributed by atoms with Crippen LogP contribution in [-0.4, -0.2) is 85.6 Å². The predicted octanol–water partition coefficient (Wildman–Crippen LogP) is 2.05. The highest BCUT2D eigenvalue weighted by Gasteiger charge is 2.36. The second-order valence-corrected chi connectivity index (χ2v) is 9.09. The van der Waals surface area contributed by atoms with E-state index in [1.807, 2.05) is 9.80 Å². The molecule has 5 rings (SSSR count). The Morgan fingerprint density at radius 2 is 1.97 bits per heavy atom. The molecule has 0 unspecified atom stereocenters. The molecule has 0 bridgehead atoms. The van der Waals surface area contributed by atoms with E-state index in [9.17, 15) is 4.79 Å². The standard InChI is InChI=1S/C23H33N9O2/c1-2-3-4-5-10-29-12-14-30(15-13-29)20(33)17-8-6-11-31(17)22-26-21(24)32-23(27-22)25-19(28-32)18-9-7-16-34-18/h7,9,16-17H,2-6,8,10-15H2,1H3,(H2,24,25,26,27,28)/t17-/m0/s1. The maximum absolute atomic E-state index is 13.4. The Morgan fingerprint density at radius 1 is 1.12 bits per heavy atom. The monoisotopic (exact) mass is 467 g/mol. The third kappa shape index (κ3) is 4.56. The molecule has 2 aliphatic heterocycles. The summed E-state index contributed by atoms with van der Waals surface area (Å²) in [6.07, 6.45) is 8.34. The van der Waals surface area contributed by atoms with Gasteiger partial charge in [-0.05, 0) is 37.9 Å². The van der Waals surface area contributed by atoms with E-state index in [1.165, 1.54) is 30.2 Å². The van der Waals surface area contributed by atoms with Crippen LogP contribution >= 0.6 is 0 Å². The smallest absolute Gasteiger partial charge is 0.259 e. The van der Waals surface area contributed by atoms with Gasteiger partial charge >= 0.3 is 0 Å². The minimum Gasteiger partial charge on any atom is -0.461 e. The van der Waals surface area contributed by atoms with Crippen LogP contribution in [0.15, 0.2) is 22.8 Å². The molecule has 5 heterocycles. The summed E-state index contributed by atoms with van der Waals surface area (Å²) < 4.78 is 6.78. The summed E-state index contributed by atoms with van der Waals surface area (Å²) >= 11 is 0. The minimum atomic E-state index is -0.273. The average molecular weight is 468 g/mol. The van der Waals surface area contributed by atoms with Crippen LogP contribution in [0.1, 0.15) is 45.4 Å². The van der Waals surface area contributed by atoms with E-state index >= 15 is 0 Å². The van der Waals surface area contributed by atoms with Gasteiger partial charge in [0.25, 0.3) is 5.78 Å². The number of nitrogens with zero attached hydrogens (tertiary/aromatic N) is 8. The van der Waals surface area contributed by atoms with Crippen molar-refractivity contribution in [3.8, 4) is 11.6 Å². The number of hydrogen-bond donors (Lipinski definition) is 1. The number of carbonyl (C=O) groups is 1. The molecule has 0 spiro atoms. The Bertz CT molecular complexity index is 1110. The SMILES string of the molecule is CCCCCCN1CCN(C(=O)[C@@H]2CCCN2c2nc(N)n3nc(-c4ccco4)nc3n2)CC1. The Morgan fingerprint density at radius 3 is 2.74 bits per heavy atom. The second-order valence-electron chi connectivity index (χ2n) is 9.09. The van der Waals surface area contributed by atoms with Gasteiger partial charge in [0.1, 0.15) is 6.04 Å². The lowest BCUT2D eigenvalue weighted by atomic mass is 10.1. The molecule has 1 atom stereocenters. The van der Waals surface area contributed by atoms with E-state index < -0.39 is 0 Å². The van der Waals surface area contributed by atoms with Crippen LogP contribution in [0.2, 0.25) is 0 Å². The molecular weight excluding hydrogens is 434 g/mol. The highest BCUT2D eigenvalue weighted by molar-refractivity contribution is 5.85. The number of nitrogen functional groups attached to an aromatic ring is 1. The first-order valence-electron chi connectivity index (χ1n) is 12.4. The highest BCUT2D eigenvalue weighted by Crippen LogP contribution is 2.26. The van der Waals surface area contributed by atoms with Crippen molar-refractivity contribution in [1.82, 2.24) is 34.4 Å². The van der Waals surface area contributed by atoms with Crippen molar-refractivity contribution in [2.24, 2.45) is 0 Å². The van der Waals surface area contributed by atoms with Gasteiger partial charge in [-0.25, -0.2) is 0 Å². The molecule has 0 saturated carbocycles. The molecule has 3 aromatic rings. The molecule has 2 saturated heterocycles. The third-order valence-corrected chi connectivity index (χ3v) is 6.77. The van der Waals surface area contributed by atoms with Crippen LogP contribution in [0.3, 0.4) is 0 Å². The first-order chi connectivity index (χ1) is 16.6. The predicted molar refractivity (Wildman–Crippen MR) is 128 cm³/mol. The zero-order valence-corrected chi connectivity index (χ0v) is 19.8. The summed E-state index contributed by atoms with van der Waals surface area (Å²) in [7, 11) is 0. The number of nitrogens with two attached hydrogens (primary N) is 1. The minimum absolute atomic E-state index is 0.155. The third-order valence-electron chi connectivity index (χ3n) is 6.77. The number of piperazine rings is 1. The normalized spacial score (nSPS) is 19.4. The van der Waals surface area contributed by atoms with Gasteiger partial charge in [0.2, 0.25) is 23.6 Å². The van der Waals surface area contributed by atoms with Gasteiger partial charge in [0.05, 0.1) is 6.26 Å². The van der Waals surface area contributed by atoms with Gasteiger partial charge < -0.3 is 20.0 Å². The first-order valence-corrected chi connectivity index (χ1v) is 12.4. The topological polar surface area (TPSA) is 122 Å². The van der Waals surface area contributed by atoms with Crippen LogP contribution in [-0.2, 0) is 4.79 Å². The number of anilines is 2. The zero-order chi connectivity index (χ0) is 23.5. The quantitative estimate of drug-likeness (QED) is 0.496. The largest absolute Gasteiger partial charge is 0.461 e. The number of rotatable bonds is 8. The number of aromatic nitrogens is 5. The number of carbonyl (C=O) groups excluding carboxylic acids is 1. The molecule has 0 aromatic carbocycles. The van der Waals surface area contributed by atoms with E-state index in [1.54, 1.807) is 18.4 Å². The first kappa shape index (κ1) is 22.6. The van der Waals surface area contributed by atoms with E-state index in [0.717, 1.165) is 45.6 Å². The lowest BCUT2D eigenvalue weighted by Crippen LogP contribution is -2.54. The molecule has 182 valence electrons. The number of hydrogen-bond acceptors (Lipinski definition) is 9. The summed E-state index contributed by atoms with van der Waals surface area (Å²) in [6, 6.07) is 3.28. The molecular formula is C23H33N9O2. The van der Waals surface area contributed by atoms with Gasteiger partial charge in [0, 0.05) is 32.7 Å². The number of unbranched alkanes of at least 4 members (excludes halogenated alkanes) is 3. The number of furan rings is 1. The molecule has 0 aliphatic carbocycles. The Balaban J connectivity index is 1.26. The summed E-state index contributed by atoms with van der Waals surface area (Å²) in [5.41, 5.74) is 6.18. The van der Waals surface area contributed by atoms with Crippen LogP contribution in [0.5, 0.6) is 0 Å². The van der Waals surface area contributed by atoms with Crippen molar-refractivity contribution >= 4 is 23.6 Å². The lowest BCUT2D eigenvalue weighted by Gasteiger charge is -2.37. The fourth-order valence-corrected chi connectivity index (χ4v) is 4.86. The van der Waals surface area contributed by atoms with Crippen molar-refractivity contribution in [1.29, 1.82) is 0 Å². The van der Waals surface area contributed by atoms with Crippen LogP contribution < -0.4 is 10.6 Å². The van der Waals surface area contributed by atoms with Gasteiger partial charge in [-0.2, -0.15) is 19.5 Å². The lowest BCUT2D eigenvalue weighted by molar-refractivity contribution is -0.134. The van der Waals surface area contributed by atoms with Crippen LogP contribution in [0.4, 0.5) is 11.9 Å². The Labute approximate surface area is 198 Å². The Hall–Kier alpha value is -3.21. The van der Waals surface area contributed by atoms with Crippen LogP contribution in [0, 0.1) is 0 Å². The molecule has 2 fully saturated rings. The molecule has 1 amide bonds. The number of amides is 1. The average Bonchev–Trinajstić information content (AvgIpc) is 3.62. The van der Waals surface area contributed by atoms with E-state index in [0.29, 0.717) is 29.9 Å². The van der Waals surface area contributed by atoms with Gasteiger partial charge in [-0.15, -0.1) is 5.10 Å². The summed E-state index contributed by atoms with van der Waals surface area (Å²) in [4.78, 5) is 33.4. The van der Waals surface area contributed by atoms with Crippen LogP contribution in [0.25, 0.3) is 17.4 Å². The van der Waals surface area contributed by atoms with Crippen molar-refractivity contribution in [2.75, 3.05) is 49.9 Å². The molecule has 0 radical (unpaired) electrons. The fourth-order valence-electron chi connectivity index (χ4n) is 4.86. The van der Waals surface area contributed by atoms with Crippen molar-refractivity contribution in [3.05, 3.63) is 18.4 Å². The van der Waals surface area contributed by atoms with Crippen molar-refractivity contribution < 1.29 is 9.21 Å². The fraction of sp³-hybridized carbons (Fsp3) is 0.609. The molecule has 2 aliphatic rings. The zero-order valence-electron chi connectivity index (χ0n) is 19.8. The molecule has 11 nitrogen and oxygen atoms in total. The van der Waals surface area contributed by atoms with Crippen molar-refractivity contribution in [3.63, 3.8) is 0 Å². The van der Waals surface area contributed by atoms with E-state index in [4.69, 9.17) is 10.2 Å². The Kier molecular flexibility index (Phi) is 6.61. The molecule has 3 aromatic heterocycles. The second kappa shape index (κ2) is 9.96. The van der Waals surface area contributed by atoms with Crippen molar-refractivity contribution in [2.45, 2.75) is 51.5 Å². The summed E-state index contributed by atoms with van der Waals surface area (Å²) in [5, 5.41) is 4.35. The maximum Gasteiger partial charge on any atom is 0.259 e. The summed E-state index contributed by atoms with van der Waals surface area (Å²) in [5.74, 6) is 2.02. The molecule has 34 heavy (non-hydrogen) atoms. The molecule has 11 heteroatoms. The van der Waals surface area contributed by atoms with Gasteiger partial charge in [-0.1, -0.05) is 26.2 Å². The number of fused-ring (bicyclic) bond motifs is 1.